The van der Waals surface area contributed by atoms with Gasteiger partial charge in [0.2, 0.25) is 0 Å². The average molecular weight is 567 g/mol. The number of nitrogens with zero attached hydrogens (tertiary/aromatic N) is 1. The molecule has 0 atom stereocenters. The molecule has 0 fully saturated rings. The van der Waals surface area contributed by atoms with Gasteiger partial charge in [-0.3, -0.25) is 14.4 Å². The Morgan fingerprint density at radius 2 is 1.65 bits per heavy atom. The maximum absolute atomic E-state index is 12.2. The summed E-state index contributed by atoms with van der Waals surface area (Å²) in [7, 11) is 0. The fraction of sp³-hybridized carbons (Fsp3) is 0.185. The van der Waals surface area contributed by atoms with Crippen LogP contribution >= 0.6 is 15.9 Å². The lowest BCUT2D eigenvalue weighted by molar-refractivity contribution is -0.136. The fourth-order valence-electron chi connectivity index (χ4n) is 3.21. The SMILES string of the molecule is CCOc1cc(/C=N\NC(=O)C(=O)Nc2ccccc2CC)ccc1OCC(=O)Nc1ccc(Br)cc1. The maximum Gasteiger partial charge on any atom is 0.329 e. The van der Waals surface area contributed by atoms with E-state index in [1.54, 1.807) is 42.5 Å². The van der Waals surface area contributed by atoms with Gasteiger partial charge in [-0.25, -0.2) is 5.43 Å². The summed E-state index contributed by atoms with van der Waals surface area (Å²) in [5, 5.41) is 9.20. The molecule has 3 rings (SSSR count). The minimum Gasteiger partial charge on any atom is -0.490 e. The van der Waals surface area contributed by atoms with E-state index in [1.807, 2.05) is 38.1 Å². The number of carbonyl (C=O) groups is 3. The molecule has 0 saturated carbocycles. The summed E-state index contributed by atoms with van der Waals surface area (Å²) in [6.45, 7) is 3.94. The summed E-state index contributed by atoms with van der Waals surface area (Å²) in [6, 6.07) is 19.4. The fourth-order valence-corrected chi connectivity index (χ4v) is 3.48. The monoisotopic (exact) mass is 566 g/mol. The Morgan fingerprint density at radius 1 is 0.892 bits per heavy atom. The highest BCUT2D eigenvalue weighted by Gasteiger charge is 2.14. The number of hydrogen-bond acceptors (Lipinski definition) is 6. The topological polar surface area (TPSA) is 118 Å². The molecule has 0 radical (unpaired) electrons. The molecule has 9 nitrogen and oxygen atoms in total. The third kappa shape index (κ3) is 8.46. The Labute approximate surface area is 223 Å². The molecule has 0 aromatic heterocycles. The van der Waals surface area contributed by atoms with Gasteiger partial charge in [0.15, 0.2) is 18.1 Å². The van der Waals surface area contributed by atoms with E-state index >= 15 is 0 Å². The van der Waals surface area contributed by atoms with E-state index in [-0.39, 0.29) is 12.5 Å². The molecule has 3 aromatic carbocycles. The predicted octanol–water partition coefficient (Wildman–Crippen LogP) is 4.52. The first-order chi connectivity index (χ1) is 17.9. The normalized spacial score (nSPS) is 10.6. The zero-order valence-electron chi connectivity index (χ0n) is 20.4. The summed E-state index contributed by atoms with van der Waals surface area (Å²) in [4.78, 5) is 36.6. The Morgan fingerprint density at radius 3 is 2.38 bits per heavy atom. The zero-order valence-corrected chi connectivity index (χ0v) is 22.0. The van der Waals surface area contributed by atoms with E-state index in [9.17, 15) is 14.4 Å². The molecule has 0 bridgehead atoms. The summed E-state index contributed by atoms with van der Waals surface area (Å²) in [5.41, 5.74) is 4.95. The van der Waals surface area contributed by atoms with Crippen molar-refractivity contribution >= 4 is 51.2 Å². The molecule has 3 amide bonds. The van der Waals surface area contributed by atoms with Gasteiger partial charge in [-0.15, -0.1) is 0 Å². The van der Waals surface area contributed by atoms with Crippen molar-refractivity contribution in [2.45, 2.75) is 20.3 Å². The van der Waals surface area contributed by atoms with Gasteiger partial charge in [0.25, 0.3) is 5.91 Å². The molecule has 3 N–H and O–H groups in total. The third-order valence-corrected chi connectivity index (χ3v) is 5.52. The second-order valence-electron chi connectivity index (χ2n) is 7.65. The lowest BCUT2D eigenvalue weighted by atomic mass is 10.1. The van der Waals surface area contributed by atoms with Crippen LogP contribution in [0.2, 0.25) is 0 Å². The van der Waals surface area contributed by atoms with Gasteiger partial charge in [0, 0.05) is 15.8 Å². The van der Waals surface area contributed by atoms with Crippen LogP contribution in [-0.2, 0) is 20.8 Å². The van der Waals surface area contributed by atoms with E-state index in [0.29, 0.717) is 41.5 Å². The number of hydrogen-bond donors (Lipinski definition) is 3. The molecular formula is C27H27BrN4O5. The molecular weight excluding hydrogens is 540 g/mol. The first-order valence-electron chi connectivity index (χ1n) is 11.6. The standard InChI is InChI=1S/C27H27BrN4O5/c1-3-19-7-5-6-8-22(19)31-26(34)27(35)32-29-16-18-9-14-23(24(15-18)36-4-2)37-17-25(33)30-21-12-10-20(28)11-13-21/h5-16H,3-4,17H2,1-2H3,(H,30,33)(H,31,34)(H,32,35)/b29-16-. The average Bonchev–Trinajstić information content (AvgIpc) is 2.90. The summed E-state index contributed by atoms with van der Waals surface area (Å²) in [6.07, 6.45) is 2.09. The molecule has 3 aromatic rings. The van der Waals surface area contributed by atoms with Crippen molar-refractivity contribution in [3.05, 3.63) is 82.3 Å². The Balaban J connectivity index is 1.56. The minimum atomic E-state index is -0.899. The van der Waals surface area contributed by atoms with E-state index in [2.05, 4.69) is 37.1 Å². The largest absolute Gasteiger partial charge is 0.490 e. The Bertz CT molecular complexity index is 1280. The van der Waals surface area contributed by atoms with Crippen molar-refractivity contribution in [1.82, 2.24) is 5.43 Å². The van der Waals surface area contributed by atoms with Crippen LogP contribution < -0.4 is 25.5 Å². The summed E-state index contributed by atoms with van der Waals surface area (Å²) in [5.74, 6) is -1.26. The van der Waals surface area contributed by atoms with Crippen LogP contribution in [0.25, 0.3) is 0 Å². The number of anilines is 2. The number of ether oxygens (including phenoxy) is 2. The zero-order chi connectivity index (χ0) is 26.6. The van der Waals surface area contributed by atoms with E-state index in [0.717, 1.165) is 10.0 Å². The first kappa shape index (κ1) is 27.4. The van der Waals surface area contributed by atoms with Crippen LogP contribution in [0.15, 0.2) is 76.3 Å². The number of aryl methyl sites for hydroxylation is 1. The molecule has 0 unspecified atom stereocenters. The van der Waals surface area contributed by atoms with Crippen molar-refractivity contribution < 1.29 is 23.9 Å². The van der Waals surface area contributed by atoms with E-state index in [1.165, 1.54) is 6.21 Å². The van der Waals surface area contributed by atoms with Gasteiger partial charge in [-0.2, -0.15) is 5.10 Å². The first-order valence-corrected chi connectivity index (χ1v) is 12.4. The van der Waals surface area contributed by atoms with Gasteiger partial charge < -0.3 is 20.1 Å². The number of carbonyl (C=O) groups excluding carboxylic acids is 3. The van der Waals surface area contributed by atoms with Gasteiger partial charge in [-0.05, 0) is 73.0 Å². The number of hydrazone groups is 1. The Hall–Kier alpha value is -4.18. The number of para-hydroxylation sites is 1. The molecule has 0 saturated heterocycles. The second kappa shape index (κ2) is 13.8. The van der Waals surface area contributed by atoms with Crippen molar-refractivity contribution in [2.24, 2.45) is 5.10 Å². The van der Waals surface area contributed by atoms with Crippen LogP contribution in [0.1, 0.15) is 25.0 Å². The van der Waals surface area contributed by atoms with Crippen molar-refractivity contribution in [1.29, 1.82) is 0 Å². The second-order valence-corrected chi connectivity index (χ2v) is 8.56. The van der Waals surface area contributed by atoms with E-state index in [4.69, 9.17) is 9.47 Å². The summed E-state index contributed by atoms with van der Waals surface area (Å²) < 4.78 is 12.2. The maximum atomic E-state index is 12.2. The van der Waals surface area contributed by atoms with Crippen LogP contribution in [0.4, 0.5) is 11.4 Å². The molecule has 0 aliphatic rings. The molecule has 0 aliphatic carbocycles. The number of nitrogens with one attached hydrogen (secondary N) is 3. The van der Waals surface area contributed by atoms with Gasteiger partial charge in [-0.1, -0.05) is 41.1 Å². The predicted molar refractivity (Wildman–Crippen MR) is 146 cm³/mol. The lowest BCUT2D eigenvalue weighted by Crippen LogP contribution is -2.32. The molecule has 0 aliphatic heterocycles. The van der Waals surface area contributed by atoms with Crippen molar-refractivity contribution in [3.63, 3.8) is 0 Å². The number of rotatable bonds is 10. The molecule has 0 spiro atoms. The molecule has 192 valence electrons. The van der Waals surface area contributed by atoms with Crippen LogP contribution in [0.5, 0.6) is 11.5 Å². The quantitative estimate of drug-likeness (QED) is 0.189. The van der Waals surface area contributed by atoms with Gasteiger partial charge in [0.05, 0.1) is 12.8 Å². The van der Waals surface area contributed by atoms with Gasteiger partial charge >= 0.3 is 11.8 Å². The lowest BCUT2D eigenvalue weighted by Gasteiger charge is -2.12. The number of halogens is 1. The highest BCUT2D eigenvalue weighted by molar-refractivity contribution is 9.10. The highest BCUT2D eigenvalue weighted by Crippen LogP contribution is 2.28. The number of amides is 3. The number of benzene rings is 3. The molecule has 37 heavy (non-hydrogen) atoms. The van der Waals surface area contributed by atoms with Crippen LogP contribution in [0.3, 0.4) is 0 Å². The molecule has 10 heteroatoms. The summed E-state index contributed by atoms with van der Waals surface area (Å²) >= 11 is 3.35. The van der Waals surface area contributed by atoms with Gasteiger partial charge in [0.1, 0.15) is 0 Å². The Kier molecular flexibility index (Phi) is 10.2. The van der Waals surface area contributed by atoms with Crippen LogP contribution in [-0.4, -0.2) is 37.1 Å². The third-order valence-electron chi connectivity index (χ3n) is 4.99. The minimum absolute atomic E-state index is 0.212. The van der Waals surface area contributed by atoms with Crippen molar-refractivity contribution in [2.75, 3.05) is 23.8 Å². The van der Waals surface area contributed by atoms with Crippen LogP contribution in [0, 0.1) is 0 Å². The molecule has 0 heterocycles. The smallest absolute Gasteiger partial charge is 0.329 e. The van der Waals surface area contributed by atoms with Crippen molar-refractivity contribution in [3.8, 4) is 11.5 Å². The highest BCUT2D eigenvalue weighted by atomic mass is 79.9. The van der Waals surface area contributed by atoms with E-state index < -0.39 is 11.8 Å².